The lowest BCUT2D eigenvalue weighted by Gasteiger charge is -2.11. The van der Waals surface area contributed by atoms with Gasteiger partial charge in [0.05, 0.1) is 22.1 Å². The predicted octanol–water partition coefficient (Wildman–Crippen LogP) is 4.65. The molecule has 0 aliphatic carbocycles. The van der Waals surface area contributed by atoms with Crippen LogP contribution in [0.3, 0.4) is 0 Å². The molecule has 0 amide bonds. The molecule has 0 saturated heterocycles. The van der Waals surface area contributed by atoms with Crippen LogP contribution in [0.2, 0.25) is 5.02 Å². The van der Waals surface area contributed by atoms with Crippen molar-refractivity contribution in [2.24, 2.45) is 0 Å². The van der Waals surface area contributed by atoms with Crippen molar-refractivity contribution in [2.75, 3.05) is 16.1 Å². The van der Waals surface area contributed by atoms with E-state index in [4.69, 9.17) is 16.3 Å². The van der Waals surface area contributed by atoms with Gasteiger partial charge in [0.2, 0.25) is 0 Å². The van der Waals surface area contributed by atoms with E-state index < -0.39 is 20.0 Å². The highest BCUT2D eigenvalue weighted by atomic mass is 35.5. The average Bonchev–Trinajstić information content (AvgIpc) is 2.71. The molecule has 0 atom stereocenters. The highest BCUT2D eigenvalue weighted by Crippen LogP contribution is 2.24. The number of hydrogen-bond acceptors (Lipinski definition) is 5. The van der Waals surface area contributed by atoms with Crippen LogP contribution in [0.5, 0.6) is 5.75 Å². The minimum Gasteiger partial charge on any atom is -0.494 e. The van der Waals surface area contributed by atoms with Gasteiger partial charge in [0.15, 0.2) is 0 Å². The smallest absolute Gasteiger partial charge is 0.261 e. The summed E-state index contributed by atoms with van der Waals surface area (Å²) >= 11 is 6.04. The SMILES string of the molecule is CCOc1ccc(S(=O)(=O)Nc2ccc(S(=O)(=O)Nc3ccc(C)c(Cl)c3)cc2)cc1. The Labute approximate surface area is 187 Å². The van der Waals surface area contributed by atoms with Crippen LogP contribution in [-0.2, 0) is 20.0 Å². The number of anilines is 2. The summed E-state index contributed by atoms with van der Waals surface area (Å²) in [5, 5.41) is 0.444. The zero-order valence-corrected chi connectivity index (χ0v) is 19.2. The maximum atomic E-state index is 12.6. The Kier molecular flexibility index (Phi) is 6.78. The molecule has 0 aromatic heterocycles. The summed E-state index contributed by atoms with van der Waals surface area (Å²) in [5.41, 5.74) is 1.39. The van der Waals surface area contributed by atoms with Crippen LogP contribution in [0.1, 0.15) is 12.5 Å². The molecule has 0 fully saturated rings. The van der Waals surface area contributed by atoms with Gasteiger partial charge in [-0.05, 0) is 80.1 Å². The normalized spacial score (nSPS) is 11.7. The quantitative estimate of drug-likeness (QED) is 0.488. The fraction of sp³-hybridized carbons (Fsp3) is 0.143. The lowest BCUT2D eigenvalue weighted by atomic mass is 10.2. The lowest BCUT2D eigenvalue weighted by Crippen LogP contribution is -2.14. The van der Waals surface area contributed by atoms with Gasteiger partial charge < -0.3 is 4.74 Å². The first-order valence-electron chi connectivity index (χ1n) is 9.25. The molecule has 0 heterocycles. The van der Waals surface area contributed by atoms with Gasteiger partial charge in [-0.3, -0.25) is 9.44 Å². The number of sulfonamides is 2. The molecule has 0 aliphatic heterocycles. The average molecular weight is 481 g/mol. The maximum absolute atomic E-state index is 12.6. The number of nitrogens with one attached hydrogen (secondary N) is 2. The van der Waals surface area contributed by atoms with Crippen LogP contribution in [-0.4, -0.2) is 23.4 Å². The third kappa shape index (κ3) is 5.69. The summed E-state index contributed by atoms with van der Waals surface area (Å²) in [7, 11) is -7.70. The minimum atomic E-state index is -3.87. The van der Waals surface area contributed by atoms with Crippen molar-refractivity contribution in [3.63, 3.8) is 0 Å². The molecule has 3 aromatic carbocycles. The molecule has 31 heavy (non-hydrogen) atoms. The summed E-state index contributed by atoms with van der Waals surface area (Å²) < 4.78 is 60.5. The number of rotatable bonds is 8. The van der Waals surface area contributed by atoms with Crippen LogP contribution in [0.25, 0.3) is 0 Å². The third-order valence-corrected chi connectivity index (χ3v) is 7.49. The summed E-state index contributed by atoms with van der Waals surface area (Å²) in [4.78, 5) is 0.0405. The van der Waals surface area contributed by atoms with E-state index in [1.165, 1.54) is 42.5 Å². The van der Waals surface area contributed by atoms with Crippen LogP contribution in [0.4, 0.5) is 11.4 Å². The Morgan fingerprint density at radius 1 is 0.774 bits per heavy atom. The molecule has 164 valence electrons. The largest absolute Gasteiger partial charge is 0.494 e. The first-order chi connectivity index (χ1) is 14.6. The Morgan fingerprint density at radius 2 is 1.26 bits per heavy atom. The predicted molar refractivity (Wildman–Crippen MR) is 122 cm³/mol. The van der Waals surface area contributed by atoms with Gasteiger partial charge in [-0.15, -0.1) is 0 Å². The molecule has 7 nitrogen and oxygen atoms in total. The molecule has 3 rings (SSSR count). The first-order valence-corrected chi connectivity index (χ1v) is 12.6. The van der Waals surface area contributed by atoms with E-state index in [1.807, 2.05) is 13.8 Å². The fourth-order valence-corrected chi connectivity index (χ4v) is 4.96. The van der Waals surface area contributed by atoms with Gasteiger partial charge in [-0.25, -0.2) is 16.8 Å². The van der Waals surface area contributed by atoms with Crippen molar-refractivity contribution in [1.29, 1.82) is 0 Å². The molecule has 0 bridgehead atoms. The topological polar surface area (TPSA) is 102 Å². The second-order valence-corrected chi connectivity index (χ2v) is 10.4. The van der Waals surface area contributed by atoms with Crippen molar-refractivity contribution < 1.29 is 21.6 Å². The molecule has 0 unspecified atom stereocenters. The number of hydrogen-bond donors (Lipinski definition) is 2. The molecule has 0 spiro atoms. The number of ether oxygens (including phenoxy) is 1. The molecule has 10 heteroatoms. The summed E-state index contributed by atoms with van der Waals surface area (Å²) in [5.74, 6) is 0.568. The molecular weight excluding hydrogens is 460 g/mol. The molecule has 2 N–H and O–H groups in total. The van der Waals surface area contributed by atoms with E-state index in [2.05, 4.69) is 9.44 Å². The Balaban J connectivity index is 1.74. The van der Waals surface area contributed by atoms with E-state index in [1.54, 1.807) is 24.3 Å². The zero-order chi connectivity index (χ0) is 22.6. The highest BCUT2D eigenvalue weighted by molar-refractivity contribution is 7.93. The van der Waals surface area contributed by atoms with Crippen LogP contribution in [0.15, 0.2) is 76.5 Å². The number of benzene rings is 3. The van der Waals surface area contributed by atoms with Crippen LogP contribution in [0, 0.1) is 6.92 Å². The second-order valence-electron chi connectivity index (χ2n) is 6.60. The first kappa shape index (κ1) is 22.9. The summed E-state index contributed by atoms with van der Waals surface area (Å²) in [6.07, 6.45) is 0. The van der Waals surface area contributed by atoms with E-state index in [0.29, 0.717) is 23.1 Å². The van der Waals surface area contributed by atoms with Gasteiger partial charge in [-0.2, -0.15) is 0 Å². The summed E-state index contributed by atoms with van der Waals surface area (Å²) in [6, 6.07) is 16.2. The number of aryl methyl sites for hydroxylation is 1. The molecule has 0 saturated carbocycles. The van der Waals surface area contributed by atoms with Crippen LogP contribution >= 0.6 is 11.6 Å². The van der Waals surface area contributed by atoms with Crippen molar-refractivity contribution in [1.82, 2.24) is 0 Å². The van der Waals surface area contributed by atoms with Crippen molar-refractivity contribution in [3.05, 3.63) is 77.3 Å². The Bertz CT molecular complexity index is 1270. The van der Waals surface area contributed by atoms with Crippen LogP contribution < -0.4 is 14.2 Å². The van der Waals surface area contributed by atoms with E-state index in [-0.39, 0.29) is 15.5 Å². The van der Waals surface area contributed by atoms with Gasteiger partial charge in [0, 0.05) is 10.7 Å². The second kappa shape index (κ2) is 9.17. The van der Waals surface area contributed by atoms with Crippen molar-refractivity contribution >= 4 is 43.0 Å². The molecule has 0 radical (unpaired) electrons. The molecular formula is C21H21ClN2O5S2. The van der Waals surface area contributed by atoms with E-state index >= 15 is 0 Å². The standard InChI is InChI=1S/C21H21ClN2O5S2/c1-3-29-18-8-12-20(13-9-18)30(25,26)23-16-6-10-19(11-7-16)31(27,28)24-17-5-4-15(2)21(22)14-17/h4-14,23-24H,3H2,1-2H3. The monoisotopic (exact) mass is 480 g/mol. The minimum absolute atomic E-state index is 0.0202. The Morgan fingerprint density at radius 3 is 1.77 bits per heavy atom. The maximum Gasteiger partial charge on any atom is 0.261 e. The highest BCUT2D eigenvalue weighted by Gasteiger charge is 2.17. The Hall–Kier alpha value is -2.75. The van der Waals surface area contributed by atoms with E-state index in [9.17, 15) is 16.8 Å². The molecule has 0 aliphatic rings. The van der Waals surface area contributed by atoms with Crippen molar-refractivity contribution in [2.45, 2.75) is 23.6 Å². The van der Waals surface area contributed by atoms with Gasteiger partial charge >= 0.3 is 0 Å². The van der Waals surface area contributed by atoms with Crippen molar-refractivity contribution in [3.8, 4) is 5.75 Å². The third-order valence-electron chi connectivity index (χ3n) is 4.29. The fourth-order valence-electron chi connectivity index (χ4n) is 2.67. The van der Waals surface area contributed by atoms with Gasteiger partial charge in [-0.1, -0.05) is 17.7 Å². The molecule has 3 aromatic rings. The number of halogens is 1. The van der Waals surface area contributed by atoms with Gasteiger partial charge in [0.1, 0.15) is 5.75 Å². The van der Waals surface area contributed by atoms with Gasteiger partial charge in [0.25, 0.3) is 20.0 Å². The lowest BCUT2D eigenvalue weighted by molar-refractivity contribution is 0.340. The zero-order valence-electron chi connectivity index (χ0n) is 16.8. The van der Waals surface area contributed by atoms with E-state index in [0.717, 1.165) is 5.56 Å². The summed E-state index contributed by atoms with van der Waals surface area (Å²) in [6.45, 7) is 4.13.